The molecule has 3 rings (SSSR count). The Kier molecular flexibility index (Phi) is 2.64. The van der Waals surface area contributed by atoms with Crippen molar-refractivity contribution in [1.82, 2.24) is 5.32 Å². The Balaban J connectivity index is 2.23. The molecule has 0 spiro atoms. The van der Waals surface area contributed by atoms with Gasteiger partial charge < -0.3 is 5.32 Å². The molecule has 1 aliphatic rings. The van der Waals surface area contributed by atoms with Crippen LogP contribution >= 0.6 is 11.3 Å². The summed E-state index contributed by atoms with van der Waals surface area (Å²) >= 11 is 1.57. The van der Waals surface area contributed by atoms with E-state index in [9.17, 15) is 8.78 Å². The van der Waals surface area contributed by atoms with Crippen LogP contribution in [-0.2, 0) is 6.54 Å². The molecule has 1 N–H and O–H groups in total. The third-order valence-corrected chi connectivity index (χ3v) is 4.34. The Bertz CT molecular complexity index is 572. The second-order valence-corrected chi connectivity index (χ2v) is 5.64. The van der Waals surface area contributed by atoms with Crippen molar-refractivity contribution in [3.63, 3.8) is 0 Å². The quantitative estimate of drug-likeness (QED) is 0.877. The average Bonchev–Trinajstić information content (AvgIpc) is 3.05. The van der Waals surface area contributed by atoms with Crippen LogP contribution in [0, 0.1) is 11.6 Å². The molecule has 0 aliphatic heterocycles. The van der Waals surface area contributed by atoms with E-state index in [1.165, 1.54) is 35.4 Å². The van der Waals surface area contributed by atoms with Crippen LogP contribution in [0.4, 0.5) is 8.78 Å². The van der Waals surface area contributed by atoms with Gasteiger partial charge in [0.1, 0.15) is 0 Å². The second-order valence-electron chi connectivity index (χ2n) is 4.51. The van der Waals surface area contributed by atoms with E-state index in [1.807, 2.05) is 7.05 Å². The minimum absolute atomic E-state index is 0.553. The third kappa shape index (κ3) is 1.85. The van der Waals surface area contributed by atoms with Gasteiger partial charge in [-0.25, -0.2) is 8.78 Å². The molecule has 1 aromatic carbocycles. The van der Waals surface area contributed by atoms with E-state index < -0.39 is 11.6 Å². The first-order valence-electron chi connectivity index (χ1n) is 5.75. The second kappa shape index (κ2) is 4.03. The van der Waals surface area contributed by atoms with Crippen molar-refractivity contribution < 1.29 is 8.78 Å². The first kappa shape index (κ1) is 11.1. The fourth-order valence-corrected chi connectivity index (χ4v) is 3.58. The lowest BCUT2D eigenvalue weighted by atomic mass is 10.1. The maximum Gasteiger partial charge on any atom is 0.160 e. The summed E-state index contributed by atoms with van der Waals surface area (Å²) in [5.74, 6) is -0.942. The van der Waals surface area contributed by atoms with Gasteiger partial charge in [-0.05, 0) is 48.9 Å². The van der Waals surface area contributed by atoms with Gasteiger partial charge in [0.15, 0.2) is 11.6 Å². The fraction of sp³-hybridized carbons (Fsp3) is 0.385. The number of benzene rings is 1. The highest BCUT2D eigenvalue weighted by atomic mass is 32.1. The third-order valence-electron chi connectivity index (χ3n) is 3.17. The Morgan fingerprint density at radius 3 is 2.65 bits per heavy atom. The molecule has 0 radical (unpaired) electrons. The van der Waals surface area contributed by atoms with Crippen LogP contribution in [0.1, 0.15) is 29.2 Å². The minimum atomic E-state index is -0.753. The molecule has 17 heavy (non-hydrogen) atoms. The number of fused-ring (bicyclic) bond motifs is 1. The lowest BCUT2D eigenvalue weighted by Gasteiger charge is -2.02. The van der Waals surface area contributed by atoms with Gasteiger partial charge in [-0.1, -0.05) is 0 Å². The summed E-state index contributed by atoms with van der Waals surface area (Å²) in [6, 6.07) is 2.67. The highest BCUT2D eigenvalue weighted by molar-refractivity contribution is 7.19. The van der Waals surface area contributed by atoms with E-state index in [0.717, 1.165) is 16.6 Å². The molecular formula is C13H13F2NS. The van der Waals surface area contributed by atoms with Crippen LogP contribution in [0.25, 0.3) is 10.1 Å². The van der Waals surface area contributed by atoms with Gasteiger partial charge in [0.05, 0.1) is 0 Å². The Hall–Kier alpha value is -1.00. The average molecular weight is 253 g/mol. The van der Waals surface area contributed by atoms with Crippen molar-refractivity contribution in [3.05, 3.63) is 34.2 Å². The van der Waals surface area contributed by atoms with Crippen LogP contribution in [0.2, 0.25) is 0 Å². The molecular weight excluding hydrogens is 240 g/mol. The maximum atomic E-state index is 13.3. The van der Waals surface area contributed by atoms with Gasteiger partial charge in [0.25, 0.3) is 0 Å². The van der Waals surface area contributed by atoms with Gasteiger partial charge in [0, 0.05) is 16.1 Å². The Morgan fingerprint density at radius 1 is 1.29 bits per heavy atom. The molecule has 0 bridgehead atoms. The van der Waals surface area contributed by atoms with Crippen LogP contribution in [0.15, 0.2) is 12.1 Å². The zero-order chi connectivity index (χ0) is 12.0. The van der Waals surface area contributed by atoms with E-state index in [-0.39, 0.29) is 0 Å². The zero-order valence-electron chi connectivity index (χ0n) is 9.52. The van der Waals surface area contributed by atoms with Crippen molar-refractivity contribution in [2.24, 2.45) is 0 Å². The number of hydrogen-bond donors (Lipinski definition) is 1. The molecule has 1 fully saturated rings. The normalized spacial score (nSPS) is 15.7. The molecule has 0 unspecified atom stereocenters. The highest BCUT2D eigenvalue weighted by Crippen LogP contribution is 2.48. The number of nitrogens with one attached hydrogen (secondary N) is 1. The number of hydrogen-bond acceptors (Lipinski definition) is 2. The minimum Gasteiger partial charge on any atom is -0.315 e. The van der Waals surface area contributed by atoms with Crippen LogP contribution in [0.3, 0.4) is 0 Å². The molecule has 1 aromatic heterocycles. The largest absolute Gasteiger partial charge is 0.315 e. The summed E-state index contributed by atoms with van der Waals surface area (Å²) in [6.45, 7) is 0.772. The van der Waals surface area contributed by atoms with E-state index >= 15 is 0 Å². The molecule has 0 amide bonds. The summed E-state index contributed by atoms with van der Waals surface area (Å²) in [7, 11) is 1.89. The van der Waals surface area contributed by atoms with Crippen molar-refractivity contribution >= 4 is 21.4 Å². The summed E-state index contributed by atoms with van der Waals surface area (Å²) < 4.78 is 27.4. The van der Waals surface area contributed by atoms with Gasteiger partial charge in [-0.3, -0.25) is 0 Å². The lowest BCUT2D eigenvalue weighted by Crippen LogP contribution is -2.04. The highest BCUT2D eigenvalue weighted by Gasteiger charge is 2.29. The van der Waals surface area contributed by atoms with Crippen LogP contribution in [-0.4, -0.2) is 7.05 Å². The molecule has 4 heteroatoms. The van der Waals surface area contributed by atoms with Crippen molar-refractivity contribution in [3.8, 4) is 0 Å². The van der Waals surface area contributed by atoms with Gasteiger partial charge in [-0.2, -0.15) is 0 Å². The number of halogens is 2. The molecule has 0 saturated heterocycles. The van der Waals surface area contributed by atoms with Crippen molar-refractivity contribution in [2.75, 3.05) is 7.05 Å². The van der Waals surface area contributed by atoms with Crippen molar-refractivity contribution in [2.45, 2.75) is 25.3 Å². The Morgan fingerprint density at radius 2 is 2.00 bits per heavy atom. The molecule has 1 heterocycles. The summed E-state index contributed by atoms with van der Waals surface area (Å²) in [5, 5.41) is 4.02. The van der Waals surface area contributed by atoms with Gasteiger partial charge in [-0.15, -0.1) is 11.3 Å². The summed E-state index contributed by atoms with van der Waals surface area (Å²) in [4.78, 5) is 1.22. The SMILES string of the molecule is CNCc1sc2cc(F)c(F)cc2c1C1CC1. The van der Waals surface area contributed by atoms with E-state index in [1.54, 1.807) is 11.3 Å². The summed E-state index contributed by atoms with van der Waals surface area (Å²) in [5.41, 5.74) is 1.23. The van der Waals surface area contributed by atoms with Crippen LogP contribution in [0.5, 0.6) is 0 Å². The van der Waals surface area contributed by atoms with E-state index in [0.29, 0.717) is 5.92 Å². The predicted molar refractivity (Wildman–Crippen MR) is 66.5 cm³/mol. The smallest absolute Gasteiger partial charge is 0.160 e. The topological polar surface area (TPSA) is 12.0 Å². The molecule has 1 nitrogen and oxygen atoms in total. The van der Waals surface area contributed by atoms with E-state index in [4.69, 9.17) is 0 Å². The molecule has 2 aromatic rings. The van der Waals surface area contributed by atoms with Gasteiger partial charge >= 0.3 is 0 Å². The molecule has 90 valence electrons. The van der Waals surface area contributed by atoms with Gasteiger partial charge in [0.2, 0.25) is 0 Å². The molecule has 0 atom stereocenters. The molecule has 1 saturated carbocycles. The van der Waals surface area contributed by atoms with Crippen LogP contribution < -0.4 is 5.32 Å². The maximum absolute atomic E-state index is 13.3. The zero-order valence-corrected chi connectivity index (χ0v) is 10.3. The standard InChI is InChI=1S/C13H13F2NS/c1-16-6-12-13(7-2-3-7)8-4-9(14)10(15)5-11(8)17-12/h4-5,7,16H,2-3,6H2,1H3. The summed E-state index contributed by atoms with van der Waals surface area (Å²) in [6.07, 6.45) is 2.34. The number of thiophene rings is 1. The number of rotatable bonds is 3. The van der Waals surface area contributed by atoms with Crippen molar-refractivity contribution in [1.29, 1.82) is 0 Å². The first-order chi connectivity index (χ1) is 8.20. The molecule has 1 aliphatic carbocycles. The van der Waals surface area contributed by atoms with E-state index in [2.05, 4.69) is 5.32 Å². The lowest BCUT2D eigenvalue weighted by molar-refractivity contribution is 0.511. The fourth-order valence-electron chi connectivity index (χ4n) is 2.27. The monoisotopic (exact) mass is 253 g/mol. The first-order valence-corrected chi connectivity index (χ1v) is 6.57. The Labute approximate surface area is 102 Å². The predicted octanol–water partition coefficient (Wildman–Crippen LogP) is 3.78.